The number of benzene rings is 2. The zero-order chi connectivity index (χ0) is 12.4. The lowest BCUT2D eigenvalue weighted by Gasteiger charge is -2.16. The summed E-state index contributed by atoms with van der Waals surface area (Å²) in [6.45, 7) is 2.39. The van der Waals surface area contributed by atoms with E-state index in [2.05, 4.69) is 61.5 Å². The van der Waals surface area contributed by atoms with Crippen LogP contribution in [0, 0.1) is 5.92 Å². The molecular formula is C18H20. The second kappa shape index (κ2) is 4.97. The first kappa shape index (κ1) is 11.5. The molecule has 0 aliphatic heterocycles. The molecular weight excluding hydrogens is 216 g/mol. The van der Waals surface area contributed by atoms with Crippen molar-refractivity contribution in [1.82, 2.24) is 0 Å². The predicted molar refractivity (Wildman–Crippen MR) is 77.6 cm³/mol. The van der Waals surface area contributed by atoms with Crippen molar-refractivity contribution < 1.29 is 0 Å². The Kier molecular flexibility index (Phi) is 3.19. The highest BCUT2D eigenvalue weighted by Crippen LogP contribution is 2.39. The highest BCUT2D eigenvalue weighted by Gasteiger charge is 2.24. The number of hydrogen-bond acceptors (Lipinski definition) is 0. The molecule has 0 heteroatoms. The maximum Gasteiger partial charge on any atom is -0.0136 e. The van der Waals surface area contributed by atoms with Gasteiger partial charge in [-0.15, -0.1) is 0 Å². The molecule has 3 rings (SSSR count). The Labute approximate surface area is 110 Å². The van der Waals surface area contributed by atoms with Crippen LogP contribution in [0.3, 0.4) is 0 Å². The van der Waals surface area contributed by atoms with Crippen LogP contribution in [-0.2, 0) is 0 Å². The zero-order valence-electron chi connectivity index (χ0n) is 11.0. The summed E-state index contributed by atoms with van der Waals surface area (Å²) in [5.74, 6) is 1.64. The molecule has 1 saturated carbocycles. The van der Waals surface area contributed by atoms with Crippen LogP contribution < -0.4 is 0 Å². The molecule has 0 amide bonds. The first-order valence-electron chi connectivity index (χ1n) is 7.00. The van der Waals surface area contributed by atoms with Gasteiger partial charge in [0.1, 0.15) is 0 Å². The average Bonchev–Trinajstić information content (AvgIpc) is 2.86. The Hall–Kier alpha value is -1.56. The first-order chi connectivity index (χ1) is 8.84. The maximum atomic E-state index is 2.39. The fraction of sp³-hybridized carbons (Fsp3) is 0.333. The van der Waals surface area contributed by atoms with Gasteiger partial charge in [-0.1, -0.05) is 74.4 Å². The van der Waals surface area contributed by atoms with E-state index in [0.29, 0.717) is 0 Å². The van der Waals surface area contributed by atoms with Gasteiger partial charge in [-0.3, -0.25) is 0 Å². The quantitative estimate of drug-likeness (QED) is 0.667. The van der Waals surface area contributed by atoms with Crippen molar-refractivity contribution in [1.29, 1.82) is 0 Å². The molecule has 1 aliphatic rings. The summed E-state index contributed by atoms with van der Waals surface area (Å²) in [5, 5.41) is 0. The smallest absolute Gasteiger partial charge is 0.0136 e. The van der Waals surface area contributed by atoms with Crippen molar-refractivity contribution in [3.8, 4) is 11.1 Å². The van der Waals surface area contributed by atoms with Crippen LogP contribution in [0.15, 0.2) is 54.6 Å². The Balaban J connectivity index is 1.85. The van der Waals surface area contributed by atoms with E-state index in [1.54, 1.807) is 0 Å². The van der Waals surface area contributed by atoms with Gasteiger partial charge in [0.15, 0.2) is 0 Å². The van der Waals surface area contributed by atoms with Gasteiger partial charge >= 0.3 is 0 Å². The summed E-state index contributed by atoms with van der Waals surface area (Å²) in [6, 6.07) is 19.8. The largest absolute Gasteiger partial charge is 0.0622 e. The highest BCUT2D eigenvalue weighted by atomic mass is 14.3. The summed E-state index contributed by atoms with van der Waals surface area (Å²) in [5.41, 5.74) is 4.16. The fourth-order valence-corrected chi connectivity index (χ4v) is 3.19. The monoisotopic (exact) mass is 236 g/mol. The van der Waals surface area contributed by atoms with Gasteiger partial charge in [0.2, 0.25) is 0 Å². The average molecular weight is 236 g/mol. The minimum Gasteiger partial charge on any atom is -0.0622 e. The normalized spacial score (nSPS) is 23.2. The Morgan fingerprint density at radius 1 is 0.778 bits per heavy atom. The summed E-state index contributed by atoms with van der Waals surface area (Å²) in [6.07, 6.45) is 4.16. The van der Waals surface area contributed by atoms with Crippen LogP contribution in [0.4, 0.5) is 0 Å². The molecule has 2 atom stereocenters. The lowest BCUT2D eigenvalue weighted by atomic mass is 9.89. The second-order valence-electron chi connectivity index (χ2n) is 5.50. The van der Waals surface area contributed by atoms with Crippen LogP contribution in [0.2, 0.25) is 0 Å². The van der Waals surface area contributed by atoms with Crippen molar-refractivity contribution in [2.75, 3.05) is 0 Å². The highest BCUT2D eigenvalue weighted by molar-refractivity contribution is 5.63. The molecule has 0 saturated heterocycles. The van der Waals surface area contributed by atoms with Crippen LogP contribution in [0.5, 0.6) is 0 Å². The molecule has 0 aromatic heterocycles. The van der Waals surface area contributed by atoms with E-state index in [1.165, 1.54) is 36.0 Å². The topological polar surface area (TPSA) is 0 Å². The Morgan fingerprint density at radius 2 is 1.44 bits per heavy atom. The molecule has 0 spiro atoms. The van der Waals surface area contributed by atoms with Crippen molar-refractivity contribution in [3.63, 3.8) is 0 Å². The molecule has 92 valence electrons. The van der Waals surface area contributed by atoms with E-state index in [4.69, 9.17) is 0 Å². The number of rotatable bonds is 2. The molecule has 0 radical (unpaired) electrons. The Morgan fingerprint density at radius 3 is 2.06 bits per heavy atom. The third kappa shape index (κ3) is 2.20. The standard InChI is InChI=1S/C18H20/c1-14-6-5-9-18(14)17-12-10-16(11-13-17)15-7-3-2-4-8-15/h2-4,7-8,10-14,18H,5-6,9H2,1H3/t14-,18?/m0/s1. The van der Waals surface area contributed by atoms with E-state index in [0.717, 1.165) is 11.8 Å². The van der Waals surface area contributed by atoms with Crippen molar-refractivity contribution >= 4 is 0 Å². The molecule has 2 aromatic rings. The van der Waals surface area contributed by atoms with Gasteiger partial charge in [-0.25, -0.2) is 0 Å². The molecule has 2 aromatic carbocycles. The summed E-state index contributed by atoms with van der Waals surface area (Å²) in [4.78, 5) is 0. The summed E-state index contributed by atoms with van der Waals surface area (Å²) < 4.78 is 0. The van der Waals surface area contributed by atoms with E-state index in [1.807, 2.05) is 0 Å². The molecule has 0 nitrogen and oxygen atoms in total. The van der Waals surface area contributed by atoms with E-state index < -0.39 is 0 Å². The van der Waals surface area contributed by atoms with Crippen LogP contribution in [0.1, 0.15) is 37.7 Å². The van der Waals surface area contributed by atoms with E-state index in [9.17, 15) is 0 Å². The summed E-state index contributed by atoms with van der Waals surface area (Å²) >= 11 is 0. The maximum absolute atomic E-state index is 2.39. The minimum absolute atomic E-state index is 0.787. The van der Waals surface area contributed by atoms with Crippen molar-refractivity contribution in [2.24, 2.45) is 5.92 Å². The van der Waals surface area contributed by atoms with Crippen LogP contribution in [0.25, 0.3) is 11.1 Å². The number of hydrogen-bond donors (Lipinski definition) is 0. The van der Waals surface area contributed by atoms with Gasteiger partial charge in [-0.2, -0.15) is 0 Å². The molecule has 0 N–H and O–H groups in total. The predicted octanol–water partition coefficient (Wildman–Crippen LogP) is 5.26. The second-order valence-corrected chi connectivity index (χ2v) is 5.50. The molecule has 1 fully saturated rings. The van der Waals surface area contributed by atoms with Crippen molar-refractivity contribution in [3.05, 3.63) is 60.2 Å². The Bertz CT molecular complexity index is 495. The van der Waals surface area contributed by atoms with Crippen LogP contribution >= 0.6 is 0 Å². The van der Waals surface area contributed by atoms with Crippen molar-refractivity contribution in [2.45, 2.75) is 32.1 Å². The molecule has 1 unspecified atom stereocenters. The lowest BCUT2D eigenvalue weighted by molar-refractivity contribution is 0.533. The molecule has 1 aliphatic carbocycles. The van der Waals surface area contributed by atoms with Gasteiger partial charge in [-0.05, 0) is 34.9 Å². The zero-order valence-corrected chi connectivity index (χ0v) is 11.0. The molecule has 0 bridgehead atoms. The first-order valence-corrected chi connectivity index (χ1v) is 7.00. The molecule has 18 heavy (non-hydrogen) atoms. The van der Waals surface area contributed by atoms with Gasteiger partial charge in [0.05, 0.1) is 0 Å². The van der Waals surface area contributed by atoms with Gasteiger partial charge in [0, 0.05) is 0 Å². The van der Waals surface area contributed by atoms with Gasteiger partial charge in [0.25, 0.3) is 0 Å². The van der Waals surface area contributed by atoms with E-state index in [-0.39, 0.29) is 0 Å². The SMILES string of the molecule is C[C@H]1CCCC1c1ccc(-c2ccccc2)cc1. The molecule has 0 heterocycles. The van der Waals surface area contributed by atoms with E-state index >= 15 is 0 Å². The van der Waals surface area contributed by atoms with Crippen LogP contribution in [-0.4, -0.2) is 0 Å². The summed E-state index contributed by atoms with van der Waals surface area (Å²) in [7, 11) is 0. The third-order valence-electron chi connectivity index (χ3n) is 4.31. The minimum atomic E-state index is 0.787. The lowest BCUT2D eigenvalue weighted by Crippen LogP contribution is -2.01. The fourth-order valence-electron chi connectivity index (χ4n) is 3.19. The third-order valence-corrected chi connectivity index (χ3v) is 4.31. The van der Waals surface area contributed by atoms with Gasteiger partial charge < -0.3 is 0 Å².